The van der Waals surface area contributed by atoms with Crippen LogP contribution in [0.3, 0.4) is 0 Å². The zero-order valence-corrected chi connectivity index (χ0v) is 20.6. The summed E-state index contributed by atoms with van der Waals surface area (Å²) in [4.78, 5) is 43.3. The fourth-order valence-corrected chi connectivity index (χ4v) is 3.97. The minimum atomic E-state index is -0.432. The number of benzene rings is 2. The summed E-state index contributed by atoms with van der Waals surface area (Å²) >= 11 is 13.1. The summed E-state index contributed by atoms with van der Waals surface area (Å²) < 4.78 is 13.0. The number of carbonyl (C=O) groups is 3. The minimum Gasteiger partial charge on any atom is -0.327 e. The van der Waals surface area contributed by atoms with E-state index in [4.69, 9.17) is 23.2 Å². The van der Waals surface area contributed by atoms with Crippen molar-refractivity contribution in [2.75, 3.05) is 17.2 Å². The Kier molecular flexibility index (Phi) is 8.60. The molecule has 0 spiro atoms. The summed E-state index contributed by atoms with van der Waals surface area (Å²) in [6.07, 6.45) is -0.0162. The van der Waals surface area contributed by atoms with Crippen LogP contribution in [0.25, 0.3) is 0 Å². The molecule has 3 amide bonds. The molecule has 0 aliphatic rings. The van der Waals surface area contributed by atoms with Crippen LogP contribution in [0.5, 0.6) is 0 Å². The Morgan fingerprint density at radius 1 is 1.03 bits per heavy atom. The van der Waals surface area contributed by atoms with E-state index >= 15 is 0 Å². The topological polar surface area (TPSA) is 91.4 Å². The first-order valence-corrected chi connectivity index (χ1v) is 11.8. The summed E-state index contributed by atoms with van der Waals surface area (Å²) in [6, 6.07) is 9.70. The fourth-order valence-electron chi connectivity index (χ4n) is 2.95. The summed E-state index contributed by atoms with van der Waals surface area (Å²) in [5.74, 6) is -1.51. The maximum atomic E-state index is 13.0. The number of rotatable bonds is 8. The van der Waals surface area contributed by atoms with Crippen LogP contribution in [0.2, 0.25) is 10.0 Å². The number of hydrogen-bond donors (Lipinski definition) is 2. The second kappa shape index (κ2) is 11.4. The molecule has 0 fully saturated rings. The van der Waals surface area contributed by atoms with Gasteiger partial charge in [-0.3, -0.25) is 14.4 Å². The highest BCUT2D eigenvalue weighted by atomic mass is 35.5. The molecule has 1 heterocycles. The maximum Gasteiger partial charge on any atom is 0.254 e. The normalized spacial score (nSPS) is 10.8. The van der Waals surface area contributed by atoms with Gasteiger partial charge in [-0.05, 0) is 56.3 Å². The molecule has 3 rings (SSSR count). The lowest BCUT2D eigenvalue weighted by atomic mass is 10.1. The Hall–Kier alpha value is -3.01. The summed E-state index contributed by atoms with van der Waals surface area (Å²) in [7, 11) is 0. The van der Waals surface area contributed by atoms with Gasteiger partial charge in [0.15, 0.2) is 5.13 Å². The molecule has 3 aromatic rings. The van der Waals surface area contributed by atoms with E-state index in [9.17, 15) is 18.8 Å². The number of anilines is 2. The number of carbonyl (C=O) groups excluding carboxylic acids is 3. The van der Waals surface area contributed by atoms with Crippen LogP contribution in [0.15, 0.2) is 47.8 Å². The summed E-state index contributed by atoms with van der Waals surface area (Å²) in [6.45, 7) is 3.39. The lowest BCUT2D eigenvalue weighted by Crippen LogP contribution is -2.42. The molecular formula is C23H21Cl2FN4O3S. The first kappa shape index (κ1) is 25.6. The van der Waals surface area contributed by atoms with Crippen molar-refractivity contribution in [2.45, 2.75) is 26.3 Å². The number of amides is 3. The Labute approximate surface area is 209 Å². The third-order valence-corrected chi connectivity index (χ3v) is 6.18. The van der Waals surface area contributed by atoms with Crippen LogP contribution >= 0.6 is 34.5 Å². The monoisotopic (exact) mass is 522 g/mol. The number of thiazole rings is 1. The van der Waals surface area contributed by atoms with Gasteiger partial charge in [0.25, 0.3) is 5.91 Å². The highest BCUT2D eigenvalue weighted by molar-refractivity contribution is 7.13. The van der Waals surface area contributed by atoms with Gasteiger partial charge in [-0.25, -0.2) is 9.37 Å². The van der Waals surface area contributed by atoms with E-state index in [1.807, 2.05) is 0 Å². The van der Waals surface area contributed by atoms with E-state index < -0.39 is 11.7 Å². The van der Waals surface area contributed by atoms with E-state index in [0.717, 1.165) is 11.3 Å². The van der Waals surface area contributed by atoms with Crippen molar-refractivity contribution < 1.29 is 18.8 Å². The Morgan fingerprint density at radius 3 is 2.38 bits per heavy atom. The van der Waals surface area contributed by atoms with Gasteiger partial charge in [0, 0.05) is 22.7 Å². The highest BCUT2D eigenvalue weighted by Gasteiger charge is 2.23. The molecule has 0 aliphatic carbocycles. The predicted molar refractivity (Wildman–Crippen MR) is 132 cm³/mol. The molecule has 0 atom stereocenters. The quantitative estimate of drug-likeness (QED) is 0.422. The van der Waals surface area contributed by atoms with Gasteiger partial charge >= 0.3 is 0 Å². The minimum absolute atomic E-state index is 0.0162. The van der Waals surface area contributed by atoms with Gasteiger partial charge in [0.05, 0.1) is 22.2 Å². The average molecular weight is 523 g/mol. The van der Waals surface area contributed by atoms with E-state index in [2.05, 4.69) is 15.6 Å². The molecule has 11 heteroatoms. The number of aromatic nitrogens is 1. The van der Waals surface area contributed by atoms with Crippen LogP contribution in [0.4, 0.5) is 15.2 Å². The average Bonchev–Trinajstić information content (AvgIpc) is 3.21. The number of halogens is 3. The van der Waals surface area contributed by atoms with E-state index in [0.29, 0.717) is 27.1 Å². The van der Waals surface area contributed by atoms with Gasteiger partial charge < -0.3 is 15.5 Å². The van der Waals surface area contributed by atoms with Crippen molar-refractivity contribution in [3.8, 4) is 0 Å². The zero-order valence-electron chi connectivity index (χ0n) is 18.3. The van der Waals surface area contributed by atoms with E-state index in [-0.39, 0.29) is 35.8 Å². The first-order valence-electron chi connectivity index (χ1n) is 10.2. The first-order chi connectivity index (χ1) is 16.1. The molecule has 0 saturated heterocycles. The molecule has 2 N–H and O–H groups in total. The molecule has 0 saturated carbocycles. The highest BCUT2D eigenvalue weighted by Crippen LogP contribution is 2.24. The second-order valence-corrected chi connectivity index (χ2v) is 9.25. The van der Waals surface area contributed by atoms with E-state index in [1.165, 1.54) is 41.3 Å². The molecule has 0 aliphatic heterocycles. The summed E-state index contributed by atoms with van der Waals surface area (Å²) in [5.41, 5.74) is 1.25. The van der Waals surface area contributed by atoms with Gasteiger partial charge in [0.1, 0.15) is 12.4 Å². The number of nitrogens with zero attached hydrogens (tertiary/aromatic N) is 2. The van der Waals surface area contributed by atoms with E-state index in [1.54, 1.807) is 25.3 Å². The molecule has 178 valence electrons. The molecule has 0 bridgehead atoms. The van der Waals surface area contributed by atoms with Crippen molar-refractivity contribution in [1.82, 2.24) is 9.88 Å². The standard InChI is InChI=1S/C23H21Cl2FN4O3S/c1-13(2)30(22(33)14-3-8-18(24)19(25)9-14)11-21(32)29-23-28-17(12-34-23)10-20(31)27-16-6-4-15(26)5-7-16/h3-9,12-13H,10-11H2,1-2H3,(H,27,31)(H,28,29,32). The third kappa shape index (κ3) is 6.99. The maximum absolute atomic E-state index is 13.0. The van der Waals surface area contributed by atoms with Gasteiger partial charge in [-0.15, -0.1) is 11.3 Å². The number of hydrogen-bond acceptors (Lipinski definition) is 5. The lowest BCUT2D eigenvalue weighted by molar-refractivity contribution is -0.117. The second-order valence-electron chi connectivity index (χ2n) is 7.58. The lowest BCUT2D eigenvalue weighted by Gasteiger charge is -2.26. The van der Waals surface area contributed by atoms with Crippen molar-refractivity contribution >= 4 is 63.1 Å². The molecular weight excluding hydrogens is 502 g/mol. The Balaban J connectivity index is 1.58. The molecule has 7 nitrogen and oxygen atoms in total. The largest absolute Gasteiger partial charge is 0.327 e. The fraction of sp³-hybridized carbons (Fsp3) is 0.217. The van der Waals surface area contributed by atoms with Crippen LogP contribution in [-0.2, 0) is 16.0 Å². The molecule has 0 radical (unpaired) electrons. The molecule has 34 heavy (non-hydrogen) atoms. The number of nitrogens with one attached hydrogen (secondary N) is 2. The predicted octanol–water partition coefficient (Wildman–Crippen LogP) is 5.26. The third-order valence-electron chi connectivity index (χ3n) is 4.63. The van der Waals surface area contributed by atoms with Crippen LogP contribution in [0.1, 0.15) is 29.9 Å². The smallest absolute Gasteiger partial charge is 0.254 e. The van der Waals surface area contributed by atoms with Crippen molar-refractivity contribution in [3.63, 3.8) is 0 Å². The van der Waals surface area contributed by atoms with Gasteiger partial charge in [-0.1, -0.05) is 23.2 Å². The zero-order chi connectivity index (χ0) is 24.8. The molecule has 0 unspecified atom stereocenters. The van der Waals surface area contributed by atoms with Crippen molar-refractivity contribution in [3.05, 3.63) is 75.0 Å². The Bertz CT molecular complexity index is 1200. The Morgan fingerprint density at radius 2 is 1.74 bits per heavy atom. The van der Waals surface area contributed by atoms with Crippen molar-refractivity contribution in [1.29, 1.82) is 0 Å². The summed E-state index contributed by atoms with van der Waals surface area (Å²) in [5, 5.41) is 7.85. The van der Waals surface area contributed by atoms with Crippen LogP contribution in [-0.4, -0.2) is 40.2 Å². The van der Waals surface area contributed by atoms with Crippen molar-refractivity contribution in [2.24, 2.45) is 0 Å². The van der Waals surface area contributed by atoms with Crippen LogP contribution < -0.4 is 10.6 Å². The molecule has 1 aromatic heterocycles. The van der Waals surface area contributed by atoms with Gasteiger partial charge in [-0.2, -0.15) is 0 Å². The van der Waals surface area contributed by atoms with Crippen LogP contribution in [0, 0.1) is 5.82 Å². The molecule has 2 aromatic carbocycles. The van der Waals surface area contributed by atoms with Gasteiger partial charge in [0.2, 0.25) is 11.8 Å². The SMILES string of the molecule is CC(C)N(CC(=O)Nc1nc(CC(=O)Nc2ccc(F)cc2)cs1)C(=O)c1ccc(Cl)c(Cl)c1.